The Morgan fingerprint density at radius 1 is 1.38 bits per heavy atom. The molecular formula is C7H6F3NO2. The van der Waals surface area contributed by atoms with Crippen LogP contribution in [0.15, 0.2) is 23.1 Å². The number of rotatable bonds is 1. The number of aliphatic hydroxyl groups excluding tert-OH is 1. The van der Waals surface area contributed by atoms with Gasteiger partial charge in [0.25, 0.3) is 5.56 Å². The summed E-state index contributed by atoms with van der Waals surface area (Å²) in [6.07, 6.45) is -4.16. The van der Waals surface area contributed by atoms with Gasteiger partial charge >= 0.3 is 6.30 Å². The summed E-state index contributed by atoms with van der Waals surface area (Å²) in [7, 11) is 0. The molecule has 0 radical (unpaired) electrons. The Labute approximate surface area is 71.0 Å². The highest BCUT2D eigenvalue weighted by molar-refractivity contribution is 5.08. The van der Waals surface area contributed by atoms with E-state index in [2.05, 4.69) is 0 Å². The van der Waals surface area contributed by atoms with Gasteiger partial charge in [0.2, 0.25) is 0 Å². The van der Waals surface area contributed by atoms with Gasteiger partial charge in [-0.2, -0.15) is 0 Å². The van der Waals surface area contributed by atoms with E-state index in [1.54, 1.807) is 0 Å². The van der Waals surface area contributed by atoms with Crippen LogP contribution >= 0.6 is 0 Å². The molecule has 6 heteroatoms. The van der Waals surface area contributed by atoms with Gasteiger partial charge in [0.15, 0.2) is 0 Å². The molecule has 0 amide bonds. The Morgan fingerprint density at radius 3 is 2.46 bits per heavy atom. The molecule has 0 aromatic carbocycles. The van der Waals surface area contributed by atoms with Crippen LogP contribution in [0.3, 0.4) is 0 Å². The Kier molecular flexibility index (Phi) is 2.42. The van der Waals surface area contributed by atoms with E-state index < -0.39 is 18.5 Å². The zero-order chi connectivity index (χ0) is 10.1. The summed E-state index contributed by atoms with van der Waals surface area (Å²) in [5, 5.41) is 8.54. The lowest BCUT2D eigenvalue weighted by Gasteiger charge is -2.09. The molecule has 0 unspecified atom stereocenters. The van der Waals surface area contributed by atoms with E-state index in [1.165, 1.54) is 0 Å². The zero-order valence-electron chi connectivity index (χ0n) is 6.38. The summed E-state index contributed by atoms with van der Waals surface area (Å²) in [4.78, 5) is 10.7. The van der Waals surface area contributed by atoms with Crippen molar-refractivity contribution in [1.82, 2.24) is 4.57 Å². The Balaban J connectivity index is 3.28. The molecule has 3 nitrogen and oxygen atoms in total. The van der Waals surface area contributed by atoms with Gasteiger partial charge < -0.3 is 5.11 Å². The van der Waals surface area contributed by atoms with Crippen LogP contribution in [-0.4, -0.2) is 9.67 Å². The number of aromatic nitrogens is 1. The Bertz CT molecular complexity index is 355. The molecule has 0 aliphatic heterocycles. The second-order valence-corrected chi connectivity index (χ2v) is 2.37. The van der Waals surface area contributed by atoms with Gasteiger partial charge in [0, 0.05) is 12.3 Å². The molecule has 1 N–H and O–H groups in total. The fourth-order valence-corrected chi connectivity index (χ4v) is 0.823. The molecule has 72 valence electrons. The first kappa shape index (κ1) is 9.79. The highest BCUT2D eigenvalue weighted by Gasteiger charge is 2.31. The van der Waals surface area contributed by atoms with Crippen LogP contribution in [0.25, 0.3) is 0 Å². The number of nitrogens with zero attached hydrogens (tertiary/aromatic N) is 1. The minimum atomic E-state index is -4.73. The minimum absolute atomic E-state index is 0.0388. The molecule has 0 atom stereocenters. The normalized spacial score (nSPS) is 11.7. The highest BCUT2D eigenvalue weighted by atomic mass is 19.4. The molecule has 0 bridgehead atoms. The van der Waals surface area contributed by atoms with Crippen LogP contribution in [0.1, 0.15) is 5.56 Å². The van der Waals surface area contributed by atoms with Crippen LogP contribution in [0.2, 0.25) is 0 Å². The van der Waals surface area contributed by atoms with Crippen molar-refractivity contribution in [3.05, 3.63) is 34.2 Å². The van der Waals surface area contributed by atoms with Gasteiger partial charge in [-0.1, -0.05) is 0 Å². The first-order chi connectivity index (χ1) is 5.95. The van der Waals surface area contributed by atoms with Crippen LogP contribution < -0.4 is 5.56 Å². The maximum atomic E-state index is 12.0. The van der Waals surface area contributed by atoms with Crippen molar-refractivity contribution < 1.29 is 18.3 Å². The summed E-state index contributed by atoms with van der Waals surface area (Å²) >= 11 is 0. The summed E-state index contributed by atoms with van der Waals surface area (Å²) in [6, 6.07) is 1.91. The average molecular weight is 193 g/mol. The molecular weight excluding hydrogens is 187 g/mol. The average Bonchev–Trinajstić information content (AvgIpc) is 2.03. The maximum Gasteiger partial charge on any atom is 0.491 e. The molecule has 0 fully saturated rings. The lowest BCUT2D eigenvalue weighted by atomic mass is 10.3. The fraction of sp³-hybridized carbons (Fsp3) is 0.286. The second kappa shape index (κ2) is 3.21. The number of halogens is 3. The molecule has 0 aliphatic rings. The number of pyridine rings is 1. The number of aliphatic hydroxyl groups is 1. The van der Waals surface area contributed by atoms with E-state index in [0.717, 1.165) is 12.1 Å². The van der Waals surface area contributed by atoms with Crippen molar-refractivity contribution in [2.24, 2.45) is 0 Å². The number of alkyl halides is 3. The molecule has 0 aliphatic carbocycles. The molecule has 1 aromatic rings. The molecule has 1 aromatic heterocycles. The van der Waals surface area contributed by atoms with Crippen LogP contribution in [0, 0.1) is 0 Å². The van der Waals surface area contributed by atoms with Gasteiger partial charge in [-0.05, 0) is 11.6 Å². The topological polar surface area (TPSA) is 42.2 Å². The molecule has 13 heavy (non-hydrogen) atoms. The monoisotopic (exact) mass is 193 g/mol. The molecule has 0 saturated carbocycles. The third kappa shape index (κ3) is 2.09. The zero-order valence-corrected chi connectivity index (χ0v) is 6.38. The largest absolute Gasteiger partial charge is 0.491 e. The SMILES string of the molecule is O=c1ccc(CO)cn1C(F)(F)F. The Morgan fingerprint density at radius 2 is 2.00 bits per heavy atom. The molecule has 0 saturated heterocycles. The fourth-order valence-electron chi connectivity index (χ4n) is 0.823. The highest BCUT2D eigenvalue weighted by Crippen LogP contribution is 2.19. The van der Waals surface area contributed by atoms with Crippen LogP contribution in [-0.2, 0) is 12.9 Å². The first-order valence-electron chi connectivity index (χ1n) is 3.35. The van der Waals surface area contributed by atoms with Crippen molar-refractivity contribution in [3.63, 3.8) is 0 Å². The second-order valence-electron chi connectivity index (χ2n) is 2.37. The lowest BCUT2D eigenvalue weighted by Crippen LogP contribution is -2.29. The van der Waals surface area contributed by atoms with Crippen molar-refractivity contribution in [1.29, 1.82) is 0 Å². The van der Waals surface area contributed by atoms with Gasteiger partial charge in [-0.25, -0.2) is 4.57 Å². The van der Waals surface area contributed by atoms with Crippen molar-refractivity contribution in [3.8, 4) is 0 Å². The first-order valence-corrected chi connectivity index (χ1v) is 3.35. The number of hydrogen-bond donors (Lipinski definition) is 1. The predicted octanol–water partition coefficient (Wildman–Crippen LogP) is 0.817. The van der Waals surface area contributed by atoms with E-state index in [-0.39, 0.29) is 10.1 Å². The maximum absolute atomic E-state index is 12.0. The molecule has 0 spiro atoms. The van der Waals surface area contributed by atoms with Crippen LogP contribution in [0.5, 0.6) is 0 Å². The third-order valence-corrected chi connectivity index (χ3v) is 1.43. The third-order valence-electron chi connectivity index (χ3n) is 1.43. The van der Waals surface area contributed by atoms with Crippen molar-refractivity contribution in [2.45, 2.75) is 12.9 Å². The van der Waals surface area contributed by atoms with Gasteiger partial charge in [0.05, 0.1) is 6.61 Å². The lowest BCUT2D eigenvalue weighted by molar-refractivity contribution is -0.206. The van der Waals surface area contributed by atoms with Crippen molar-refractivity contribution >= 4 is 0 Å². The van der Waals surface area contributed by atoms with E-state index in [1.807, 2.05) is 0 Å². The van der Waals surface area contributed by atoms with Gasteiger partial charge in [0.1, 0.15) is 0 Å². The van der Waals surface area contributed by atoms with E-state index in [9.17, 15) is 18.0 Å². The molecule has 1 heterocycles. The van der Waals surface area contributed by atoms with Crippen LogP contribution in [0.4, 0.5) is 13.2 Å². The van der Waals surface area contributed by atoms with Crippen molar-refractivity contribution in [2.75, 3.05) is 0 Å². The van der Waals surface area contributed by atoms with E-state index >= 15 is 0 Å². The number of hydrogen-bond acceptors (Lipinski definition) is 2. The quantitative estimate of drug-likeness (QED) is 0.717. The van der Waals surface area contributed by atoms with E-state index in [0.29, 0.717) is 6.20 Å². The summed E-state index contributed by atoms with van der Waals surface area (Å²) < 4.78 is 35.8. The summed E-state index contributed by atoms with van der Waals surface area (Å²) in [5.74, 6) is 0. The van der Waals surface area contributed by atoms with E-state index in [4.69, 9.17) is 5.11 Å². The minimum Gasteiger partial charge on any atom is -0.392 e. The molecule has 1 rings (SSSR count). The predicted molar refractivity (Wildman–Crippen MR) is 37.9 cm³/mol. The van der Waals surface area contributed by atoms with Gasteiger partial charge in [-0.3, -0.25) is 4.79 Å². The standard InChI is InChI=1S/C7H6F3NO2/c8-7(9,10)11-3-5(4-12)1-2-6(11)13/h1-3,12H,4H2. The summed E-state index contributed by atoms with van der Waals surface area (Å²) in [6.45, 7) is -0.531. The smallest absolute Gasteiger partial charge is 0.392 e. The van der Waals surface area contributed by atoms with Gasteiger partial charge in [-0.15, -0.1) is 13.2 Å². The summed E-state index contributed by atoms with van der Waals surface area (Å²) in [5.41, 5.74) is -1.12. The Hall–Kier alpha value is -1.30.